The molecule has 0 spiro atoms. The molecule has 0 aliphatic carbocycles. The fourth-order valence-corrected chi connectivity index (χ4v) is 3.83. The highest BCUT2D eigenvalue weighted by Gasteiger charge is 2.24. The second-order valence-corrected chi connectivity index (χ2v) is 9.31. The second-order valence-electron chi connectivity index (χ2n) is 8.90. The molecular formula is C25H28ClN7O3. The molecule has 6 N–H and O–H groups in total. The molecule has 0 aliphatic rings. The Bertz CT molecular complexity index is 1410. The number of nitrogens with two attached hydrogens (primary N) is 2. The zero-order chi connectivity index (χ0) is 26.0. The number of halogens is 1. The van der Waals surface area contributed by atoms with Crippen molar-refractivity contribution in [1.82, 2.24) is 14.6 Å². The molecule has 4 rings (SSSR count). The number of nitrogens with one attached hydrogen (secondary N) is 2. The summed E-state index contributed by atoms with van der Waals surface area (Å²) in [5, 5.41) is 11.6. The lowest BCUT2D eigenvalue weighted by atomic mass is 10.1. The van der Waals surface area contributed by atoms with Crippen LogP contribution in [0.4, 0.5) is 17.3 Å². The monoisotopic (exact) mass is 509 g/mol. The number of carbonyl (C=O) groups is 1. The number of aromatic nitrogens is 3. The van der Waals surface area contributed by atoms with Crippen LogP contribution in [-0.4, -0.2) is 46.8 Å². The third-order valence-corrected chi connectivity index (χ3v) is 5.65. The number of methoxy groups -OCH3 is 2. The molecule has 0 unspecified atom stereocenters. The Balaban J connectivity index is 1.92. The SMILES string of the molecule is COc1cc(Nc2nn3c(NCC(C)(C)N)cc(-c4ccccc4Cl)nc3c2C(N)=O)cc(OC)c1. The van der Waals surface area contributed by atoms with Gasteiger partial charge >= 0.3 is 0 Å². The van der Waals surface area contributed by atoms with E-state index < -0.39 is 11.4 Å². The fraction of sp³-hybridized carbons (Fsp3) is 0.240. The number of rotatable bonds is 9. The molecule has 0 fully saturated rings. The van der Waals surface area contributed by atoms with E-state index in [0.717, 1.165) is 0 Å². The largest absolute Gasteiger partial charge is 0.497 e. The molecule has 2 aromatic heterocycles. The highest BCUT2D eigenvalue weighted by molar-refractivity contribution is 6.33. The minimum Gasteiger partial charge on any atom is -0.497 e. The van der Waals surface area contributed by atoms with Gasteiger partial charge in [-0.3, -0.25) is 4.79 Å². The van der Waals surface area contributed by atoms with Crippen LogP contribution >= 0.6 is 11.6 Å². The zero-order valence-electron chi connectivity index (χ0n) is 20.4. The average molecular weight is 510 g/mol. The van der Waals surface area contributed by atoms with Gasteiger partial charge in [0.15, 0.2) is 11.5 Å². The van der Waals surface area contributed by atoms with Crippen molar-refractivity contribution in [1.29, 1.82) is 0 Å². The minimum absolute atomic E-state index is 0.112. The van der Waals surface area contributed by atoms with Gasteiger partial charge in [-0.1, -0.05) is 29.8 Å². The molecule has 36 heavy (non-hydrogen) atoms. The molecule has 0 saturated heterocycles. The van der Waals surface area contributed by atoms with Crippen LogP contribution in [0.5, 0.6) is 11.5 Å². The number of nitrogens with zero attached hydrogens (tertiary/aromatic N) is 3. The Kier molecular flexibility index (Phi) is 6.91. The molecule has 0 bridgehead atoms. The Morgan fingerprint density at radius 1 is 1.11 bits per heavy atom. The minimum atomic E-state index is -0.698. The van der Waals surface area contributed by atoms with Crippen LogP contribution < -0.4 is 31.6 Å². The summed E-state index contributed by atoms with van der Waals surface area (Å²) in [6.07, 6.45) is 0. The maximum absolute atomic E-state index is 12.6. The first-order valence-corrected chi connectivity index (χ1v) is 11.5. The molecule has 0 saturated carbocycles. The quantitative estimate of drug-likeness (QED) is 0.264. The van der Waals surface area contributed by atoms with Crippen LogP contribution in [-0.2, 0) is 0 Å². The fourth-order valence-electron chi connectivity index (χ4n) is 3.60. The Morgan fingerprint density at radius 3 is 2.36 bits per heavy atom. The number of primary amides is 1. The summed E-state index contributed by atoms with van der Waals surface area (Å²) in [7, 11) is 3.10. The molecule has 1 amide bonds. The molecule has 0 atom stereocenters. The molecule has 188 valence electrons. The second kappa shape index (κ2) is 9.92. The predicted molar refractivity (Wildman–Crippen MR) is 142 cm³/mol. The summed E-state index contributed by atoms with van der Waals surface area (Å²) in [6, 6.07) is 14.3. The summed E-state index contributed by atoms with van der Waals surface area (Å²) in [6.45, 7) is 4.22. The number of amides is 1. The first kappa shape index (κ1) is 25.1. The Labute approximate surface area is 213 Å². The van der Waals surface area contributed by atoms with Crippen LogP contribution in [0.2, 0.25) is 5.02 Å². The maximum atomic E-state index is 12.6. The van der Waals surface area contributed by atoms with Crippen molar-refractivity contribution < 1.29 is 14.3 Å². The number of ether oxygens (including phenoxy) is 2. The third-order valence-electron chi connectivity index (χ3n) is 5.32. The van der Waals surface area contributed by atoms with Gasteiger partial charge in [-0.25, -0.2) is 4.98 Å². The van der Waals surface area contributed by atoms with Gasteiger partial charge in [-0.15, -0.1) is 5.10 Å². The van der Waals surface area contributed by atoms with Gasteiger partial charge in [-0.2, -0.15) is 4.52 Å². The lowest BCUT2D eigenvalue weighted by Gasteiger charge is -2.20. The van der Waals surface area contributed by atoms with Crippen molar-refractivity contribution in [3.63, 3.8) is 0 Å². The van der Waals surface area contributed by atoms with E-state index in [1.165, 1.54) is 4.52 Å². The maximum Gasteiger partial charge on any atom is 0.256 e. The first-order chi connectivity index (χ1) is 17.1. The van der Waals surface area contributed by atoms with Crippen LogP contribution in [0, 0.1) is 0 Å². The van der Waals surface area contributed by atoms with E-state index in [1.54, 1.807) is 44.6 Å². The standard InChI is InChI=1S/C25H28ClN7O3/c1-25(2,28)13-29-20-12-19(17-7-5-6-8-18(17)26)31-24-21(22(27)34)23(32-33(20)24)30-14-9-15(35-3)11-16(10-14)36-4/h5-12,29H,13,28H2,1-4H3,(H2,27,34)(H,30,32). The predicted octanol–water partition coefficient (Wildman–Crippen LogP) is 4.06. The number of fused-ring (bicyclic) bond motifs is 1. The Hall–Kier alpha value is -4.02. The van der Waals surface area contributed by atoms with E-state index >= 15 is 0 Å². The molecule has 2 aromatic carbocycles. The lowest BCUT2D eigenvalue weighted by Crippen LogP contribution is -2.40. The highest BCUT2D eigenvalue weighted by atomic mass is 35.5. The van der Waals surface area contributed by atoms with Crippen molar-refractivity contribution in [2.75, 3.05) is 31.4 Å². The number of anilines is 3. The first-order valence-electron chi connectivity index (χ1n) is 11.1. The van der Waals surface area contributed by atoms with Gasteiger partial charge in [0.1, 0.15) is 22.9 Å². The molecule has 0 aliphatic heterocycles. The number of hydrogen-bond donors (Lipinski definition) is 4. The summed E-state index contributed by atoms with van der Waals surface area (Å²) >= 11 is 6.45. The summed E-state index contributed by atoms with van der Waals surface area (Å²) < 4.78 is 12.2. The molecule has 2 heterocycles. The summed E-state index contributed by atoms with van der Waals surface area (Å²) in [4.78, 5) is 17.4. The topological polar surface area (TPSA) is 142 Å². The van der Waals surface area contributed by atoms with Gasteiger partial charge in [0.05, 0.1) is 19.9 Å². The highest BCUT2D eigenvalue weighted by Crippen LogP contribution is 2.33. The van der Waals surface area contributed by atoms with Gasteiger partial charge in [0, 0.05) is 52.6 Å². The van der Waals surface area contributed by atoms with Crippen molar-refractivity contribution in [2.45, 2.75) is 19.4 Å². The van der Waals surface area contributed by atoms with Crippen molar-refractivity contribution in [2.24, 2.45) is 11.5 Å². The van der Waals surface area contributed by atoms with Gasteiger partial charge in [0.2, 0.25) is 0 Å². The van der Waals surface area contributed by atoms with Crippen LogP contribution in [0.3, 0.4) is 0 Å². The summed E-state index contributed by atoms with van der Waals surface area (Å²) in [5.74, 6) is 1.21. The van der Waals surface area contributed by atoms with Crippen LogP contribution in [0.25, 0.3) is 16.9 Å². The van der Waals surface area contributed by atoms with E-state index in [0.29, 0.717) is 45.8 Å². The molecule has 11 heteroatoms. The van der Waals surface area contributed by atoms with E-state index in [-0.39, 0.29) is 17.0 Å². The van der Waals surface area contributed by atoms with Crippen LogP contribution in [0.1, 0.15) is 24.2 Å². The Morgan fingerprint density at radius 2 is 1.78 bits per heavy atom. The lowest BCUT2D eigenvalue weighted by molar-refractivity contribution is 0.100. The molecular weight excluding hydrogens is 482 g/mol. The van der Waals surface area contributed by atoms with E-state index in [9.17, 15) is 4.79 Å². The molecule has 0 radical (unpaired) electrons. The van der Waals surface area contributed by atoms with E-state index in [4.69, 9.17) is 37.5 Å². The van der Waals surface area contributed by atoms with E-state index in [1.807, 2.05) is 32.0 Å². The van der Waals surface area contributed by atoms with Crippen molar-refractivity contribution >= 4 is 40.5 Å². The number of benzene rings is 2. The van der Waals surface area contributed by atoms with Crippen molar-refractivity contribution in [3.05, 3.63) is 59.1 Å². The summed E-state index contributed by atoms with van der Waals surface area (Å²) in [5.41, 5.74) is 13.7. The van der Waals surface area contributed by atoms with Gasteiger partial charge in [0.25, 0.3) is 5.91 Å². The third kappa shape index (κ3) is 5.29. The zero-order valence-corrected chi connectivity index (χ0v) is 21.2. The van der Waals surface area contributed by atoms with Gasteiger partial charge in [-0.05, 0) is 19.9 Å². The molecule has 4 aromatic rings. The average Bonchev–Trinajstić information content (AvgIpc) is 3.20. The van der Waals surface area contributed by atoms with E-state index in [2.05, 4.69) is 15.7 Å². The number of carbonyl (C=O) groups excluding carboxylic acids is 1. The number of hydrogen-bond acceptors (Lipinski definition) is 8. The van der Waals surface area contributed by atoms with Crippen LogP contribution in [0.15, 0.2) is 48.5 Å². The normalized spacial score (nSPS) is 11.4. The van der Waals surface area contributed by atoms with Crippen molar-refractivity contribution in [3.8, 4) is 22.8 Å². The van der Waals surface area contributed by atoms with Gasteiger partial charge < -0.3 is 31.6 Å². The molecule has 10 nitrogen and oxygen atoms in total. The smallest absolute Gasteiger partial charge is 0.256 e.